The first-order valence-corrected chi connectivity index (χ1v) is 8.52. The van der Waals surface area contributed by atoms with Gasteiger partial charge in [-0.05, 0) is 37.1 Å². The molecule has 1 N–H and O–H groups in total. The Balaban J connectivity index is 1.85. The zero-order valence-electron chi connectivity index (χ0n) is 14.3. The number of hydrogen-bond acceptors (Lipinski definition) is 5. The van der Waals surface area contributed by atoms with Gasteiger partial charge >= 0.3 is 0 Å². The fraction of sp³-hybridized carbons (Fsp3) is 0.158. The Morgan fingerprint density at radius 3 is 2.85 bits per heavy atom. The molecule has 2 aromatic carbocycles. The van der Waals surface area contributed by atoms with Crippen LogP contribution in [0.3, 0.4) is 0 Å². The predicted molar refractivity (Wildman–Crippen MR) is 103 cm³/mol. The molecule has 3 rings (SSSR count). The van der Waals surface area contributed by atoms with Gasteiger partial charge in [0, 0.05) is 29.7 Å². The summed E-state index contributed by atoms with van der Waals surface area (Å²) in [5.74, 6) is -0.647. The van der Waals surface area contributed by atoms with Crippen LogP contribution in [0.15, 0.2) is 54.2 Å². The SMILES string of the molecule is CC1Cc2ccccc2N1/C=C(/C#N)C(=O)Nc1ccc(Cl)c([N+](=O)[O-])c1. The average molecular weight is 383 g/mol. The van der Waals surface area contributed by atoms with Crippen molar-refractivity contribution in [3.63, 3.8) is 0 Å². The molecule has 1 aliphatic rings. The standard InChI is InChI=1S/C19H15ClN4O3/c1-12-8-13-4-2-3-5-17(13)23(12)11-14(10-21)19(25)22-15-6-7-16(20)18(9-15)24(26)27/h2-7,9,11-12H,8H2,1H3,(H,22,25)/b14-11-. The van der Waals surface area contributed by atoms with Gasteiger partial charge in [0.25, 0.3) is 11.6 Å². The fourth-order valence-electron chi connectivity index (χ4n) is 2.99. The topological polar surface area (TPSA) is 99.3 Å². The van der Waals surface area contributed by atoms with Gasteiger partial charge in [-0.15, -0.1) is 0 Å². The number of nitrogens with one attached hydrogen (secondary N) is 1. The van der Waals surface area contributed by atoms with Gasteiger partial charge in [-0.1, -0.05) is 29.8 Å². The van der Waals surface area contributed by atoms with Crippen molar-refractivity contribution >= 4 is 34.6 Å². The van der Waals surface area contributed by atoms with Crippen molar-refractivity contribution in [1.29, 1.82) is 5.26 Å². The third-order valence-electron chi connectivity index (χ3n) is 4.29. The van der Waals surface area contributed by atoms with Gasteiger partial charge in [0.1, 0.15) is 16.7 Å². The lowest BCUT2D eigenvalue weighted by Gasteiger charge is -2.20. The predicted octanol–water partition coefficient (Wildman–Crippen LogP) is 4.05. The van der Waals surface area contributed by atoms with Crippen molar-refractivity contribution in [3.8, 4) is 6.07 Å². The van der Waals surface area contributed by atoms with E-state index >= 15 is 0 Å². The van der Waals surface area contributed by atoms with E-state index in [1.165, 1.54) is 18.3 Å². The summed E-state index contributed by atoms with van der Waals surface area (Å²) in [7, 11) is 0. The highest BCUT2D eigenvalue weighted by Crippen LogP contribution is 2.32. The number of amides is 1. The van der Waals surface area contributed by atoms with Gasteiger partial charge < -0.3 is 10.2 Å². The first-order chi connectivity index (χ1) is 12.9. The molecule has 0 aromatic heterocycles. The van der Waals surface area contributed by atoms with Crippen LogP contribution >= 0.6 is 11.6 Å². The van der Waals surface area contributed by atoms with Gasteiger partial charge in [0.05, 0.1) is 4.92 Å². The maximum absolute atomic E-state index is 12.5. The summed E-state index contributed by atoms with van der Waals surface area (Å²) in [6, 6.07) is 13.7. The third kappa shape index (κ3) is 3.76. The maximum atomic E-state index is 12.5. The molecule has 27 heavy (non-hydrogen) atoms. The number of carbonyl (C=O) groups is 1. The summed E-state index contributed by atoms with van der Waals surface area (Å²) < 4.78 is 0. The van der Waals surface area contributed by atoms with E-state index in [9.17, 15) is 20.2 Å². The zero-order chi connectivity index (χ0) is 19.6. The third-order valence-corrected chi connectivity index (χ3v) is 4.61. The van der Waals surface area contributed by atoms with Crippen molar-refractivity contribution in [1.82, 2.24) is 0 Å². The molecule has 136 valence electrons. The molecular formula is C19H15ClN4O3. The number of carbonyl (C=O) groups excluding carboxylic acids is 1. The normalized spacial score (nSPS) is 15.8. The maximum Gasteiger partial charge on any atom is 0.289 e. The number of benzene rings is 2. The monoisotopic (exact) mass is 382 g/mol. The Morgan fingerprint density at radius 1 is 1.41 bits per heavy atom. The van der Waals surface area contributed by atoms with Crippen molar-refractivity contribution in [2.45, 2.75) is 19.4 Å². The number of anilines is 2. The quantitative estimate of drug-likeness (QED) is 0.372. The molecule has 0 bridgehead atoms. The minimum atomic E-state index is -0.647. The van der Waals surface area contributed by atoms with E-state index in [0.717, 1.165) is 23.7 Å². The van der Waals surface area contributed by atoms with E-state index in [4.69, 9.17) is 11.6 Å². The molecule has 0 saturated carbocycles. The van der Waals surface area contributed by atoms with Crippen molar-refractivity contribution in [3.05, 3.63) is 74.9 Å². The largest absolute Gasteiger partial charge is 0.343 e. The van der Waals surface area contributed by atoms with Crippen molar-refractivity contribution < 1.29 is 9.72 Å². The van der Waals surface area contributed by atoms with Crippen LogP contribution in [0.2, 0.25) is 5.02 Å². The first kappa shape index (κ1) is 18.4. The van der Waals surface area contributed by atoms with Gasteiger partial charge in [-0.2, -0.15) is 5.26 Å². The van der Waals surface area contributed by atoms with E-state index in [1.54, 1.807) is 0 Å². The second kappa shape index (κ2) is 7.48. The Hall–Kier alpha value is -3.37. The Kier molecular flexibility index (Phi) is 5.10. The number of fused-ring (bicyclic) bond motifs is 1. The summed E-state index contributed by atoms with van der Waals surface area (Å²) in [5, 5.41) is 22.9. The molecule has 1 aliphatic heterocycles. The highest BCUT2D eigenvalue weighted by atomic mass is 35.5. The highest BCUT2D eigenvalue weighted by molar-refractivity contribution is 6.32. The van der Waals surface area contributed by atoms with E-state index in [2.05, 4.69) is 5.32 Å². The number of para-hydroxylation sites is 1. The number of halogens is 1. The van der Waals surface area contributed by atoms with Gasteiger partial charge in [-0.25, -0.2) is 0 Å². The average Bonchev–Trinajstić information content (AvgIpc) is 2.96. The van der Waals surface area contributed by atoms with Crippen molar-refractivity contribution in [2.24, 2.45) is 0 Å². The molecule has 2 aromatic rings. The second-order valence-corrected chi connectivity index (χ2v) is 6.53. The summed E-state index contributed by atoms with van der Waals surface area (Å²) in [6.45, 7) is 2.01. The number of nitro benzene ring substituents is 1. The highest BCUT2D eigenvalue weighted by Gasteiger charge is 2.25. The molecule has 0 radical (unpaired) electrons. The van der Waals surface area contributed by atoms with Gasteiger partial charge in [0.15, 0.2) is 0 Å². The number of rotatable bonds is 4. The molecular weight excluding hydrogens is 368 g/mol. The van der Waals surface area contributed by atoms with Crippen LogP contribution < -0.4 is 10.2 Å². The van der Waals surface area contributed by atoms with Crippen LogP contribution in [0.4, 0.5) is 17.1 Å². The van der Waals surface area contributed by atoms with Gasteiger partial charge in [-0.3, -0.25) is 14.9 Å². The lowest BCUT2D eigenvalue weighted by molar-refractivity contribution is -0.384. The second-order valence-electron chi connectivity index (χ2n) is 6.12. The number of nitrogens with zero attached hydrogens (tertiary/aromatic N) is 3. The first-order valence-electron chi connectivity index (χ1n) is 8.14. The molecule has 0 spiro atoms. The Labute approximate surface area is 160 Å². The fourth-order valence-corrected chi connectivity index (χ4v) is 3.18. The van der Waals surface area contributed by atoms with E-state index in [-0.39, 0.29) is 28.0 Å². The van der Waals surface area contributed by atoms with Crippen molar-refractivity contribution in [2.75, 3.05) is 10.2 Å². The summed E-state index contributed by atoms with van der Waals surface area (Å²) >= 11 is 5.77. The van der Waals surface area contributed by atoms with Crippen LogP contribution in [-0.4, -0.2) is 16.9 Å². The molecule has 7 nitrogen and oxygen atoms in total. The molecule has 1 amide bonds. The zero-order valence-corrected chi connectivity index (χ0v) is 15.1. The summed E-state index contributed by atoms with van der Waals surface area (Å²) in [5.41, 5.74) is 1.86. The lowest BCUT2D eigenvalue weighted by Crippen LogP contribution is -2.25. The van der Waals surface area contributed by atoms with Crippen LogP contribution in [-0.2, 0) is 11.2 Å². The Bertz CT molecular complexity index is 997. The summed E-state index contributed by atoms with van der Waals surface area (Å²) in [4.78, 5) is 24.7. The van der Waals surface area contributed by atoms with E-state index < -0.39 is 10.8 Å². The van der Waals surface area contributed by atoms with Gasteiger partial charge in [0.2, 0.25) is 0 Å². The lowest BCUT2D eigenvalue weighted by atomic mass is 10.1. The minimum absolute atomic E-state index is 0.0310. The van der Waals surface area contributed by atoms with Crippen LogP contribution in [0, 0.1) is 21.4 Å². The minimum Gasteiger partial charge on any atom is -0.343 e. The van der Waals surface area contributed by atoms with E-state index in [0.29, 0.717) is 0 Å². The molecule has 1 heterocycles. The molecule has 0 saturated heterocycles. The number of nitro groups is 1. The number of hydrogen-bond donors (Lipinski definition) is 1. The molecule has 0 fully saturated rings. The van der Waals surface area contributed by atoms with E-state index in [1.807, 2.05) is 42.2 Å². The summed E-state index contributed by atoms with van der Waals surface area (Å²) in [6.07, 6.45) is 2.33. The van der Waals surface area contributed by atoms with Crippen LogP contribution in [0.1, 0.15) is 12.5 Å². The molecule has 8 heteroatoms. The molecule has 1 atom stereocenters. The molecule has 0 aliphatic carbocycles. The number of nitriles is 1. The molecule has 1 unspecified atom stereocenters. The smallest absolute Gasteiger partial charge is 0.289 e. The van der Waals surface area contributed by atoms with Crippen LogP contribution in [0.25, 0.3) is 0 Å². The Morgan fingerprint density at radius 2 is 2.15 bits per heavy atom. The van der Waals surface area contributed by atoms with Crippen LogP contribution in [0.5, 0.6) is 0 Å².